The molecule has 166 valence electrons. The average molecular weight is 573 g/mol. The first-order valence-electron chi connectivity index (χ1n) is 10.4. The Labute approximate surface area is 206 Å². The Morgan fingerprint density at radius 2 is 1.73 bits per heavy atom. The number of aryl methyl sites for hydroxylation is 1. The third-order valence-electron chi connectivity index (χ3n) is 5.78. The van der Waals surface area contributed by atoms with E-state index in [-0.39, 0.29) is 17.7 Å². The molecule has 8 heteroatoms. The smallest absolute Gasteiger partial charge is 0.258 e. The lowest BCUT2D eigenvalue weighted by Crippen LogP contribution is -2.03. The topological polar surface area (TPSA) is 51.3 Å². The van der Waals surface area contributed by atoms with Gasteiger partial charge in [-0.1, -0.05) is 36.4 Å². The second kappa shape index (κ2) is 9.34. The maximum Gasteiger partial charge on any atom is 0.258 e. The molecule has 5 rings (SSSR count). The van der Waals surface area contributed by atoms with E-state index in [2.05, 4.69) is 36.3 Å². The van der Waals surface area contributed by atoms with Gasteiger partial charge in [0, 0.05) is 43.6 Å². The molecule has 1 atom stereocenters. The van der Waals surface area contributed by atoms with Crippen LogP contribution in [0, 0.1) is 18.6 Å². The normalized spacial score (nSPS) is 15.6. The molecule has 1 aliphatic rings. The van der Waals surface area contributed by atoms with E-state index in [0.717, 1.165) is 22.3 Å². The van der Waals surface area contributed by atoms with E-state index >= 15 is 4.39 Å². The van der Waals surface area contributed by atoms with Gasteiger partial charge in [-0.15, -0.1) is 0 Å². The van der Waals surface area contributed by atoms with E-state index in [1.807, 2.05) is 43.3 Å². The number of aliphatic imine (C=N–C) groups is 1. The minimum Gasteiger partial charge on any atom is -0.333 e. The van der Waals surface area contributed by atoms with E-state index in [4.69, 9.17) is 4.52 Å². The number of rotatable bonds is 5. The summed E-state index contributed by atoms with van der Waals surface area (Å²) in [6.07, 6.45) is 1.29. The molecule has 0 bridgehead atoms. The van der Waals surface area contributed by atoms with E-state index in [1.54, 1.807) is 12.1 Å². The minimum atomic E-state index is -0.308. The summed E-state index contributed by atoms with van der Waals surface area (Å²) in [6, 6.07) is 17.5. The van der Waals surface area contributed by atoms with E-state index in [9.17, 15) is 4.39 Å². The van der Waals surface area contributed by atoms with Crippen LogP contribution in [0.1, 0.15) is 35.6 Å². The first-order valence-corrected chi connectivity index (χ1v) is 13.7. The molecular formula is C25H18F2IN3OS. The van der Waals surface area contributed by atoms with Gasteiger partial charge in [-0.05, 0) is 74.8 Å². The van der Waals surface area contributed by atoms with Crippen LogP contribution in [0.25, 0.3) is 22.6 Å². The van der Waals surface area contributed by atoms with Crippen molar-refractivity contribution in [3.63, 3.8) is 0 Å². The predicted octanol–water partition coefficient (Wildman–Crippen LogP) is 7.76. The Balaban J connectivity index is 1.38. The molecule has 0 fully saturated rings. The van der Waals surface area contributed by atoms with Gasteiger partial charge < -0.3 is 4.52 Å². The van der Waals surface area contributed by atoms with Crippen LogP contribution in [0.2, 0.25) is 0 Å². The van der Waals surface area contributed by atoms with Gasteiger partial charge in [0.15, 0.2) is 0 Å². The molecule has 0 N–H and O–H groups in total. The van der Waals surface area contributed by atoms with Gasteiger partial charge >= 0.3 is 0 Å². The number of hydrogen-bond donors (Lipinski definition) is 0. The fourth-order valence-corrected chi connectivity index (χ4v) is 4.86. The van der Waals surface area contributed by atoms with Gasteiger partial charge in [-0.2, -0.15) is 4.98 Å². The van der Waals surface area contributed by atoms with Crippen molar-refractivity contribution in [2.45, 2.75) is 31.0 Å². The van der Waals surface area contributed by atoms with Crippen LogP contribution in [0.5, 0.6) is 0 Å². The fourth-order valence-electron chi connectivity index (χ4n) is 4.14. The Morgan fingerprint density at radius 1 is 0.970 bits per heavy atom. The van der Waals surface area contributed by atoms with Crippen molar-refractivity contribution >= 4 is 35.9 Å². The molecule has 3 aromatic carbocycles. The van der Waals surface area contributed by atoms with Crippen molar-refractivity contribution < 1.29 is 13.3 Å². The van der Waals surface area contributed by atoms with Crippen molar-refractivity contribution in [3.8, 4) is 22.6 Å². The van der Waals surface area contributed by atoms with Crippen LogP contribution in [-0.4, -0.2) is 15.9 Å². The van der Waals surface area contributed by atoms with Gasteiger partial charge in [0.1, 0.15) is 11.6 Å². The van der Waals surface area contributed by atoms with Crippen molar-refractivity contribution in [1.29, 1.82) is 0 Å². The maximum atomic E-state index is 15.1. The Morgan fingerprint density at radius 3 is 2.42 bits per heavy atom. The van der Waals surface area contributed by atoms with Crippen molar-refractivity contribution in [3.05, 3.63) is 89.0 Å². The van der Waals surface area contributed by atoms with Gasteiger partial charge in [0.25, 0.3) is 5.89 Å². The van der Waals surface area contributed by atoms with Crippen molar-refractivity contribution in [1.82, 2.24) is 10.1 Å². The molecular weight excluding hydrogens is 555 g/mol. The Kier molecular flexibility index (Phi) is 6.29. The lowest BCUT2D eigenvalue weighted by Gasteiger charge is -2.11. The van der Waals surface area contributed by atoms with Gasteiger partial charge in [0.2, 0.25) is 5.16 Å². The van der Waals surface area contributed by atoms with Crippen LogP contribution >= 0.6 is 30.1 Å². The van der Waals surface area contributed by atoms with E-state index in [0.29, 0.717) is 40.7 Å². The SMILES string of the molecule is Cc1cccc(F)c1C1=NC(c2ccc(-c3ccc(-c4nc(SI)no4)cc3)cc2F)CC1. The second-order valence-electron chi connectivity index (χ2n) is 7.83. The summed E-state index contributed by atoms with van der Waals surface area (Å²) in [5, 5.41) is 4.44. The summed E-state index contributed by atoms with van der Waals surface area (Å²) in [5.74, 6) is -0.141. The largest absolute Gasteiger partial charge is 0.333 e. The summed E-state index contributed by atoms with van der Waals surface area (Å²) in [7, 11) is 1.38. The number of hydrogen-bond acceptors (Lipinski definition) is 5. The molecule has 0 aliphatic carbocycles. The third kappa shape index (κ3) is 4.46. The highest BCUT2D eigenvalue weighted by atomic mass is 127. The minimum absolute atomic E-state index is 0.279. The molecule has 4 aromatic rings. The highest BCUT2D eigenvalue weighted by molar-refractivity contribution is 14.2. The number of benzene rings is 3. The maximum absolute atomic E-state index is 15.1. The molecule has 0 amide bonds. The lowest BCUT2D eigenvalue weighted by molar-refractivity contribution is 0.415. The predicted molar refractivity (Wildman–Crippen MR) is 135 cm³/mol. The molecule has 0 saturated heterocycles. The van der Waals surface area contributed by atoms with Crippen LogP contribution in [0.3, 0.4) is 0 Å². The number of halogens is 3. The fraction of sp³-hybridized carbons (Fsp3) is 0.160. The molecule has 1 aliphatic heterocycles. The number of aromatic nitrogens is 2. The quantitative estimate of drug-likeness (QED) is 0.229. The standard InChI is InChI=1S/C25H18F2IN3OS/c1-14-3-2-4-19(26)23(14)22-12-11-21(29-22)18-10-9-17(13-20(18)27)15-5-7-16(8-6-15)24-30-25(33-28)31-32-24/h2-10,13,21H,11-12H2,1H3. The van der Waals surface area contributed by atoms with E-state index in [1.165, 1.54) is 21.1 Å². The summed E-state index contributed by atoms with van der Waals surface area (Å²) in [6.45, 7) is 1.87. The molecule has 0 saturated carbocycles. The van der Waals surface area contributed by atoms with Crippen LogP contribution < -0.4 is 0 Å². The first kappa shape index (κ1) is 22.2. The van der Waals surface area contributed by atoms with Crippen LogP contribution in [0.15, 0.2) is 75.3 Å². The van der Waals surface area contributed by atoms with Crippen molar-refractivity contribution in [2.75, 3.05) is 0 Å². The molecule has 4 nitrogen and oxygen atoms in total. The summed E-state index contributed by atoms with van der Waals surface area (Å²) in [5.41, 5.74) is 5.08. The molecule has 33 heavy (non-hydrogen) atoms. The van der Waals surface area contributed by atoms with E-state index < -0.39 is 0 Å². The molecule has 0 radical (unpaired) electrons. The zero-order chi connectivity index (χ0) is 22.9. The molecule has 1 aromatic heterocycles. The Bertz CT molecular complexity index is 1330. The monoisotopic (exact) mass is 573 g/mol. The summed E-state index contributed by atoms with van der Waals surface area (Å²) in [4.78, 5) is 8.97. The summed E-state index contributed by atoms with van der Waals surface area (Å²) >= 11 is 2.10. The lowest BCUT2D eigenvalue weighted by atomic mass is 9.97. The highest BCUT2D eigenvalue weighted by Crippen LogP contribution is 2.35. The second-order valence-corrected chi connectivity index (χ2v) is 9.68. The van der Waals surface area contributed by atoms with Gasteiger partial charge in [-0.25, -0.2) is 8.78 Å². The summed E-state index contributed by atoms with van der Waals surface area (Å²) < 4.78 is 34.7. The zero-order valence-electron chi connectivity index (χ0n) is 17.6. The number of nitrogens with zero attached hydrogens (tertiary/aromatic N) is 3. The van der Waals surface area contributed by atoms with Crippen LogP contribution in [-0.2, 0) is 0 Å². The average Bonchev–Trinajstić information content (AvgIpc) is 3.49. The molecule has 1 unspecified atom stereocenters. The zero-order valence-corrected chi connectivity index (χ0v) is 20.5. The highest BCUT2D eigenvalue weighted by Gasteiger charge is 2.25. The molecule has 2 heterocycles. The first-order chi connectivity index (χ1) is 16.0. The van der Waals surface area contributed by atoms with Crippen molar-refractivity contribution in [2.24, 2.45) is 4.99 Å². The third-order valence-corrected chi connectivity index (χ3v) is 7.26. The Hall–Kier alpha value is -2.59. The molecule has 0 spiro atoms. The van der Waals surface area contributed by atoms with Gasteiger partial charge in [-0.3, -0.25) is 4.99 Å². The van der Waals surface area contributed by atoms with Gasteiger partial charge in [0.05, 0.1) is 6.04 Å². The van der Waals surface area contributed by atoms with Crippen LogP contribution in [0.4, 0.5) is 8.78 Å².